The second-order valence-corrected chi connectivity index (χ2v) is 9.67. The minimum Gasteiger partial charge on any atom is -0.468 e. The second kappa shape index (κ2) is 5.10. The van der Waals surface area contributed by atoms with Crippen molar-refractivity contribution >= 4 is 11.7 Å². The number of aliphatic hydroxyl groups excluding tert-OH is 2. The number of para-hydroxylation sites is 1. The van der Waals surface area contributed by atoms with Crippen molar-refractivity contribution in [3.8, 4) is 0 Å². The number of hydrogen-bond acceptors (Lipinski definition) is 6. The van der Waals surface area contributed by atoms with Crippen molar-refractivity contribution in [2.75, 3.05) is 25.6 Å². The first kappa shape index (κ1) is 17.2. The molecule has 0 amide bonds. The normalized spacial score (nSPS) is 50.5. The van der Waals surface area contributed by atoms with E-state index in [4.69, 9.17) is 4.74 Å². The van der Waals surface area contributed by atoms with Gasteiger partial charge in [0.1, 0.15) is 5.41 Å². The highest BCUT2D eigenvalue weighted by atomic mass is 16.5. The first-order valence-electron chi connectivity index (χ1n) is 10.4. The van der Waals surface area contributed by atoms with E-state index in [1.807, 2.05) is 19.1 Å². The summed E-state index contributed by atoms with van der Waals surface area (Å²) in [6, 6.07) is 8.76. The van der Waals surface area contributed by atoms with Crippen LogP contribution in [0.15, 0.2) is 24.3 Å². The number of hydrogen-bond donors (Lipinski definition) is 2. The van der Waals surface area contributed by atoms with Crippen molar-refractivity contribution in [1.29, 1.82) is 0 Å². The van der Waals surface area contributed by atoms with Gasteiger partial charge in [-0.25, -0.2) is 0 Å². The van der Waals surface area contributed by atoms with E-state index >= 15 is 0 Å². The molecule has 1 aromatic rings. The van der Waals surface area contributed by atoms with Gasteiger partial charge in [0.05, 0.1) is 25.4 Å². The van der Waals surface area contributed by atoms with Crippen molar-refractivity contribution < 1.29 is 19.7 Å². The molecule has 1 aromatic carbocycles. The van der Waals surface area contributed by atoms with Crippen LogP contribution < -0.4 is 4.90 Å². The lowest BCUT2D eigenvalue weighted by Crippen LogP contribution is -2.74. The smallest absolute Gasteiger partial charge is 0.316 e. The van der Waals surface area contributed by atoms with Crippen LogP contribution in [-0.4, -0.2) is 72.1 Å². The zero-order chi connectivity index (χ0) is 19.6. The molecule has 5 bridgehead atoms. The SMILES string of the molecule is COC(=O)[C@@]12[C@@H]3C[C@]4(c5ccccc5N(C)[C@@H]4[C@@H]4C[C@H]1[C@H]([C@H](C)O)CN34)[C@@H]2O. The fraction of sp³-hybridized carbons (Fsp3) is 0.682. The monoisotopic (exact) mass is 384 g/mol. The number of esters is 1. The summed E-state index contributed by atoms with van der Waals surface area (Å²) in [5.41, 5.74) is 0.932. The first-order chi connectivity index (χ1) is 13.4. The number of rotatable bonds is 2. The minimum atomic E-state index is -0.960. The average Bonchev–Trinajstić information content (AvgIpc) is 3.09. The molecule has 150 valence electrons. The van der Waals surface area contributed by atoms with E-state index in [2.05, 4.69) is 29.0 Å². The Morgan fingerprint density at radius 1 is 1.36 bits per heavy atom. The zero-order valence-electron chi connectivity index (χ0n) is 16.6. The highest BCUT2D eigenvalue weighted by Crippen LogP contribution is 2.72. The lowest BCUT2D eigenvalue weighted by Gasteiger charge is -2.63. The zero-order valence-corrected chi connectivity index (χ0v) is 16.6. The maximum Gasteiger partial charge on any atom is 0.316 e. The van der Waals surface area contributed by atoms with Crippen LogP contribution in [0.5, 0.6) is 0 Å². The number of carbonyl (C=O) groups excluding carboxylic acids is 1. The predicted molar refractivity (Wildman–Crippen MR) is 103 cm³/mol. The van der Waals surface area contributed by atoms with Crippen molar-refractivity contribution in [3.05, 3.63) is 29.8 Å². The number of nitrogens with zero attached hydrogens (tertiary/aromatic N) is 2. The van der Waals surface area contributed by atoms with Gasteiger partial charge in [0.15, 0.2) is 0 Å². The lowest BCUT2D eigenvalue weighted by atomic mass is 9.56. The quantitative estimate of drug-likeness (QED) is 0.733. The summed E-state index contributed by atoms with van der Waals surface area (Å²) in [4.78, 5) is 18.2. The maximum absolute atomic E-state index is 13.4. The summed E-state index contributed by atoms with van der Waals surface area (Å²) in [5.74, 6) is -0.371. The molecule has 0 aromatic heterocycles. The summed E-state index contributed by atoms with van der Waals surface area (Å²) in [5, 5.41) is 22.6. The van der Waals surface area contributed by atoms with Crippen LogP contribution in [0.4, 0.5) is 5.69 Å². The molecule has 10 atom stereocenters. The Hall–Kier alpha value is -1.63. The Balaban J connectivity index is 1.63. The van der Waals surface area contributed by atoms with Crippen LogP contribution in [0.2, 0.25) is 0 Å². The second-order valence-electron chi connectivity index (χ2n) is 9.67. The number of aliphatic hydroxyl groups is 2. The van der Waals surface area contributed by atoms with Gasteiger partial charge >= 0.3 is 5.97 Å². The molecule has 2 N–H and O–H groups in total. The minimum absolute atomic E-state index is 0.0178. The van der Waals surface area contributed by atoms with Crippen molar-refractivity contribution in [2.45, 2.75) is 55.5 Å². The first-order valence-corrected chi connectivity index (χ1v) is 10.4. The van der Waals surface area contributed by atoms with Crippen molar-refractivity contribution in [3.63, 3.8) is 0 Å². The van der Waals surface area contributed by atoms with Crippen molar-refractivity contribution in [1.82, 2.24) is 4.90 Å². The van der Waals surface area contributed by atoms with E-state index in [9.17, 15) is 15.0 Å². The Morgan fingerprint density at radius 2 is 2.11 bits per heavy atom. The molecule has 6 heteroatoms. The molecular formula is C22H28N2O4. The molecule has 0 radical (unpaired) electrons. The third-order valence-corrected chi connectivity index (χ3v) is 9.15. The summed E-state index contributed by atoms with van der Waals surface area (Å²) in [7, 11) is 3.56. The lowest BCUT2D eigenvalue weighted by molar-refractivity contribution is -0.205. The van der Waals surface area contributed by atoms with Gasteiger partial charge in [0, 0.05) is 42.7 Å². The highest BCUT2D eigenvalue weighted by molar-refractivity contribution is 5.83. The summed E-state index contributed by atoms with van der Waals surface area (Å²) in [6.45, 7) is 2.61. The molecule has 7 rings (SSSR count). The largest absolute Gasteiger partial charge is 0.468 e. The van der Waals surface area contributed by atoms with E-state index in [0.717, 1.165) is 19.4 Å². The summed E-state index contributed by atoms with van der Waals surface area (Å²) in [6.07, 6.45) is 0.273. The van der Waals surface area contributed by atoms with E-state index in [0.29, 0.717) is 0 Å². The maximum atomic E-state index is 13.4. The molecule has 1 saturated carbocycles. The van der Waals surface area contributed by atoms with Crippen LogP contribution in [-0.2, 0) is 14.9 Å². The summed E-state index contributed by atoms with van der Waals surface area (Å²) >= 11 is 0. The molecule has 5 heterocycles. The molecule has 4 saturated heterocycles. The molecule has 1 spiro atoms. The number of ether oxygens (including phenoxy) is 1. The molecule has 28 heavy (non-hydrogen) atoms. The van der Waals surface area contributed by atoms with Crippen LogP contribution in [0.3, 0.4) is 0 Å². The summed E-state index contributed by atoms with van der Waals surface area (Å²) < 4.78 is 5.35. The molecular weight excluding hydrogens is 356 g/mol. The number of fused-ring (bicyclic) bond motifs is 2. The topological polar surface area (TPSA) is 73.2 Å². The van der Waals surface area contributed by atoms with Crippen LogP contribution in [0.1, 0.15) is 25.3 Å². The third kappa shape index (κ3) is 1.49. The standard InChI is InChI=1S/C22H28N2O4/c1-11(25)12-10-24-16-8-14(12)22(20(27)28-3)17(24)9-21(19(22)26)13-6-4-5-7-15(13)23(2)18(16)21/h4-7,11-12,14,16-19,25-26H,8-10H2,1-3H3/t11-,12-,14-,16-,17-,18+,19-,21+,22+/m0/s1. The van der Waals surface area contributed by atoms with E-state index in [1.165, 1.54) is 18.4 Å². The average molecular weight is 384 g/mol. The number of likely N-dealkylation sites (N-methyl/N-ethyl adjacent to an activating group) is 1. The molecule has 1 aliphatic carbocycles. The van der Waals surface area contributed by atoms with E-state index in [-0.39, 0.29) is 35.9 Å². The number of benzene rings is 1. The number of carbonyl (C=O) groups is 1. The highest BCUT2D eigenvalue weighted by Gasteiger charge is 2.83. The Morgan fingerprint density at radius 3 is 2.82 bits per heavy atom. The number of piperidine rings is 4. The van der Waals surface area contributed by atoms with Crippen LogP contribution >= 0.6 is 0 Å². The number of anilines is 1. The molecule has 5 aliphatic heterocycles. The fourth-order valence-corrected chi connectivity index (χ4v) is 8.38. The molecule has 5 fully saturated rings. The van der Waals surface area contributed by atoms with E-state index < -0.39 is 23.0 Å². The van der Waals surface area contributed by atoms with Gasteiger partial charge in [-0.15, -0.1) is 0 Å². The van der Waals surface area contributed by atoms with Gasteiger partial charge in [-0.05, 0) is 37.3 Å². The Labute approximate surface area is 165 Å². The van der Waals surface area contributed by atoms with Gasteiger partial charge in [-0.2, -0.15) is 0 Å². The van der Waals surface area contributed by atoms with Gasteiger partial charge in [-0.1, -0.05) is 18.2 Å². The Kier molecular flexibility index (Phi) is 3.14. The fourth-order valence-electron chi connectivity index (χ4n) is 8.38. The van der Waals surface area contributed by atoms with Gasteiger partial charge in [0.25, 0.3) is 0 Å². The van der Waals surface area contributed by atoms with Crippen molar-refractivity contribution in [2.24, 2.45) is 17.3 Å². The number of methoxy groups -OCH3 is 1. The van der Waals surface area contributed by atoms with Gasteiger partial charge < -0.3 is 19.8 Å². The molecule has 6 nitrogen and oxygen atoms in total. The molecule has 6 aliphatic rings. The third-order valence-electron chi connectivity index (χ3n) is 9.15. The van der Waals surface area contributed by atoms with Gasteiger partial charge in [-0.3, -0.25) is 9.69 Å². The van der Waals surface area contributed by atoms with Crippen LogP contribution in [0.25, 0.3) is 0 Å². The van der Waals surface area contributed by atoms with E-state index in [1.54, 1.807) is 0 Å². The predicted octanol–water partition coefficient (Wildman–Crippen LogP) is 0.750. The van der Waals surface area contributed by atoms with Crippen LogP contribution in [0, 0.1) is 17.3 Å². The Bertz CT molecular complexity index is 874. The van der Waals surface area contributed by atoms with Gasteiger partial charge in [0.2, 0.25) is 0 Å². The molecule has 1 unspecified atom stereocenters.